The van der Waals surface area contributed by atoms with Gasteiger partial charge in [-0.2, -0.15) is 0 Å². The molecule has 1 aliphatic heterocycles. The van der Waals surface area contributed by atoms with Crippen molar-refractivity contribution < 1.29 is 9.15 Å². The Labute approximate surface area is 122 Å². The molecule has 0 amide bonds. The summed E-state index contributed by atoms with van der Waals surface area (Å²) in [6.45, 7) is 6.66. The lowest BCUT2D eigenvalue weighted by atomic mass is 10.0. The van der Waals surface area contributed by atoms with E-state index in [2.05, 4.69) is 24.2 Å². The SMILES string of the molecule is CCCNCc1occc1COCC1CCCCN1C. The van der Waals surface area contributed by atoms with Crippen molar-refractivity contribution in [3.63, 3.8) is 0 Å². The Morgan fingerprint density at radius 3 is 3.15 bits per heavy atom. The van der Waals surface area contributed by atoms with Crippen LogP contribution in [-0.4, -0.2) is 37.7 Å². The van der Waals surface area contributed by atoms with Gasteiger partial charge < -0.3 is 19.4 Å². The maximum absolute atomic E-state index is 5.91. The molecule has 1 aromatic rings. The summed E-state index contributed by atoms with van der Waals surface area (Å²) in [5.41, 5.74) is 1.17. The maximum Gasteiger partial charge on any atom is 0.123 e. The highest BCUT2D eigenvalue weighted by atomic mass is 16.5. The molecule has 0 bridgehead atoms. The van der Waals surface area contributed by atoms with Crippen LogP contribution in [0.2, 0.25) is 0 Å². The fraction of sp³-hybridized carbons (Fsp3) is 0.750. The summed E-state index contributed by atoms with van der Waals surface area (Å²) in [5, 5.41) is 3.37. The average Bonchev–Trinajstić information content (AvgIpc) is 2.89. The van der Waals surface area contributed by atoms with Crippen LogP contribution in [0.1, 0.15) is 43.9 Å². The van der Waals surface area contributed by atoms with Crippen LogP contribution in [0.5, 0.6) is 0 Å². The fourth-order valence-corrected chi connectivity index (χ4v) is 2.69. The van der Waals surface area contributed by atoms with Crippen LogP contribution < -0.4 is 5.32 Å². The van der Waals surface area contributed by atoms with Crippen molar-refractivity contribution in [1.82, 2.24) is 10.2 Å². The van der Waals surface area contributed by atoms with E-state index in [1.54, 1.807) is 6.26 Å². The summed E-state index contributed by atoms with van der Waals surface area (Å²) >= 11 is 0. The van der Waals surface area contributed by atoms with E-state index in [1.807, 2.05) is 6.07 Å². The molecule has 0 aliphatic carbocycles. The Morgan fingerprint density at radius 2 is 2.35 bits per heavy atom. The van der Waals surface area contributed by atoms with Gasteiger partial charge in [0.05, 0.1) is 26.0 Å². The van der Waals surface area contributed by atoms with Gasteiger partial charge >= 0.3 is 0 Å². The predicted molar refractivity (Wildman–Crippen MR) is 80.6 cm³/mol. The molecule has 114 valence electrons. The van der Waals surface area contributed by atoms with Gasteiger partial charge in [-0.3, -0.25) is 0 Å². The van der Waals surface area contributed by atoms with Crippen molar-refractivity contribution in [2.24, 2.45) is 0 Å². The van der Waals surface area contributed by atoms with Gasteiger partial charge in [0.2, 0.25) is 0 Å². The van der Waals surface area contributed by atoms with Gasteiger partial charge in [-0.05, 0) is 45.5 Å². The molecular weight excluding hydrogens is 252 g/mol. The third-order valence-corrected chi connectivity index (χ3v) is 4.04. The van der Waals surface area contributed by atoms with Gasteiger partial charge in [0, 0.05) is 11.6 Å². The Hall–Kier alpha value is -0.840. The molecule has 4 nitrogen and oxygen atoms in total. The molecule has 0 radical (unpaired) electrons. The maximum atomic E-state index is 5.91. The standard InChI is InChI=1S/C16H28N2O2/c1-3-8-17-11-16-14(7-10-20-16)12-19-13-15-6-4-5-9-18(15)2/h7,10,15,17H,3-6,8-9,11-13H2,1-2H3. The summed E-state index contributed by atoms with van der Waals surface area (Å²) in [4.78, 5) is 2.42. The molecule has 0 spiro atoms. The molecule has 1 unspecified atom stereocenters. The van der Waals surface area contributed by atoms with Crippen molar-refractivity contribution >= 4 is 0 Å². The van der Waals surface area contributed by atoms with Crippen LogP contribution >= 0.6 is 0 Å². The number of hydrogen-bond acceptors (Lipinski definition) is 4. The second kappa shape index (κ2) is 8.45. The van der Waals surface area contributed by atoms with Crippen LogP contribution in [0.4, 0.5) is 0 Å². The largest absolute Gasteiger partial charge is 0.468 e. The Morgan fingerprint density at radius 1 is 1.45 bits per heavy atom. The fourth-order valence-electron chi connectivity index (χ4n) is 2.69. The highest BCUT2D eigenvalue weighted by Gasteiger charge is 2.19. The molecule has 1 fully saturated rings. The van der Waals surface area contributed by atoms with Crippen LogP contribution in [-0.2, 0) is 17.9 Å². The van der Waals surface area contributed by atoms with Gasteiger partial charge in [0.15, 0.2) is 0 Å². The van der Waals surface area contributed by atoms with Crippen molar-refractivity contribution in [3.05, 3.63) is 23.7 Å². The van der Waals surface area contributed by atoms with E-state index in [9.17, 15) is 0 Å². The lowest BCUT2D eigenvalue weighted by molar-refractivity contribution is 0.0438. The highest BCUT2D eigenvalue weighted by molar-refractivity contribution is 5.15. The molecule has 1 aromatic heterocycles. The number of ether oxygens (including phenoxy) is 1. The molecule has 2 heterocycles. The second-order valence-corrected chi connectivity index (χ2v) is 5.69. The quantitative estimate of drug-likeness (QED) is 0.743. The van der Waals surface area contributed by atoms with E-state index < -0.39 is 0 Å². The van der Waals surface area contributed by atoms with E-state index in [4.69, 9.17) is 9.15 Å². The smallest absolute Gasteiger partial charge is 0.123 e. The first-order valence-corrected chi connectivity index (χ1v) is 7.85. The minimum atomic E-state index is 0.581. The van der Waals surface area contributed by atoms with E-state index in [1.165, 1.54) is 31.4 Å². The number of rotatable bonds is 8. The van der Waals surface area contributed by atoms with Gasteiger partial charge in [-0.15, -0.1) is 0 Å². The zero-order valence-corrected chi connectivity index (χ0v) is 12.9. The first-order valence-electron chi connectivity index (χ1n) is 7.85. The van der Waals surface area contributed by atoms with Crippen LogP contribution in [0, 0.1) is 0 Å². The Bertz CT molecular complexity index is 378. The lowest BCUT2D eigenvalue weighted by Crippen LogP contribution is -2.39. The molecule has 4 heteroatoms. The Kier molecular flexibility index (Phi) is 6.57. The van der Waals surface area contributed by atoms with Crippen molar-refractivity contribution in [1.29, 1.82) is 0 Å². The number of nitrogens with zero attached hydrogens (tertiary/aromatic N) is 1. The second-order valence-electron chi connectivity index (χ2n) is 5.69. The van der Waals surface area contributed by atoms with Crippen molar-refractivity contribution in [2.45, 2.75) is 51.8 Å². The molecule has 1 saturated heterocycles. The third kappa shape index (κ3) is 4.62. The summed E-state index contributed by atoms with van der Waals surface area (Å²) < 4.78 is 11.4. The number of furan rings is 1. The summed E-state index contributed by atoms with van der Waals surface area (Å²) in [5.74, 6) is 1.01. The van der Waals surface area contributed by atoms with Gasteiger partial charge in [-0.1, -0.05) is 13.3 Å². The van der Waals surface area contributed by atoms with E-state index in [-0.39, 0.29) is 0 Å². The number of piperidine rings is 1. The number of likely N-dealkylation sites (N-methyl/N-ethyl adjacent to an activating group) is 1. The van der Waals surface area contributed by atoms with Crippen LogP contribution in [0.3, 0.4) is 0 Å². The molecule has 20 heavy (non-hydrogen) atoms. The molecular formula is C16H28N2O2. The van der Waals surface area contributed by atoms with E-state index in [0.717, 1.165) is 31.9 Å². The monoisotopic (exact) mass is 280 g/mol. The van der Waals surface area contributed by atoms with Gasteiger partial charge in [0.1, 0.15) is 5.76 Å². The topological polar surface area (TPSA) is 37.6 Å². The van der Waals surface area contributed by atoms with E-state index >= 15 is 0 Å². The van der Waals surface area contributed by atoms with Crippen LogP contribution in [0.25, 0.3) is 0 Å². The summed E-state index contributed by atoms with van der Waals surface area (Å²) in [6, 6.07) is 2.60. The molecule has 0 aromatic carbocycles. The lowest BCUT2D eigenvalue weighted by Gasteiger charge is -2.32. The van der Waals surface area contributed by atoms with Gasteiger partial charge in [-0.25, -0.2) is 0 Å². The number of nitrogens with one attached hydrogen (secondary N) is 1. The van der Waals surface area contributed by atoms with Crippen molar-refractivity contribution in [2.75, 3.05) is 26.7 Å². The van der Waals surface area contributed by atoms with E-state index in [0.29, 0.717) is 12.6 Å². The molecule has 1 atom stereocenters. The van der Waals surface area contributed by atoms with Gasteiger partial charge in [0.25, 0.3) is 0 Å². The third-order valence-electron chi connectivity index (χ3n) is 4.04. The Balaban J connectivity index is 1.72. The highest BCUT2D eigenvalue weighted by Crippen LogP contribution is 2.17. The number of hydrogen-bond donors (Lipinski definition) is 1. The first kappa shape index (κ1) is 15.5. The average molecular weight is 280 g/mol. The normalized spacial score (nSPS) is 20.4. The minimum absolute atomic E-state index is 0.581. The predicted octanol–water partition coefficient (Wildman–Crippen LogP) is 2.78. The molecule has 2 rings (SSSR count). The summed E-state index contributed by atoms with van der Waals surface area (Å²) in [7, 11) is 2.20. The molecule has 0 saturated carbocycles. The zero-order valence-electron chi connectivity index (χ0n) is 12.9. The minimum Gasteiger partial charge on any atom is -0.468 e. The zero-order chi connectivity index (χ0) is 14.2. The molecule has 1 N–H and O–H groups in total. The first-order chi connectivity index (χ1) is 9.81. The van der Waals surface area contributed by atoms with Crippen LogP contribution in [0.15, 0.2) is 16.7 Å². The number of likely N-dealkylation sites (tertiary alicyclic amines) is 1. The molecule has 1 aliphatic rings. The summed E-state index contributed by atoms with van der Waals surface area (Å²) in [6.07, 6.45) is 6.81. The van der Waals surface area contributed by atoms with Crippen molar-refractivity contribution in [3.8, 4) is 0 Å².